The normalized spacial score (nSPS) is 17.3. The van der Waals surface area contributed by atoms with Crippen molar-refractivity contribution >= 4 is 18.3 Å². The van der Waals surface area contributed by atoms with Crippen LogP contribution in [0.3, 0.4) is 0 Å². The first-order valence-corrected chi connectivity index (χ1v) is 7.91. The lowest BCUT2D eigenvalue weighted by molar-refractivity contribution is -0.138. The number of ether oxygens (including phenoxy) is 1. The summed E-state index contributed by atoms with van der Waals surface area (Å²) in [6.07, 6.45) is 7.92. The van der Waals surface area contributed by atoms with Crippen molar-refractivity contribution in [2.75, 3.05) is 19.6 Å². The predicted molar refractivity (Wildman–Crippen MR) is 85.5 cm³/mol. The van der Waals surface area contributed by atoms with E-state index in [9.17, 15) is 4.79 Å². The van der Waals surface area contributed by atoms with E-state index in [1.807, 2.05) is 6.92 Å². The topological polar surface area (TPSA) is 50.4 Å². The first-order valence-electron chi connectivity index (χ1n) is 7.91. The van der Waals surface area contributed by atoms with Crippen molar-refractivity contribution in [2.24, 2.45) is 0 Å². The fraction of sp³-hybridized carbons (Fsp3) is 0.933. The number of carbonyl (C=O) groups excluding carboxylic acids is 1. The van der Waals surface area contributed by atoms with Crippen LogP contribution in [0.2, 0.25) is 0 Å². The second-order valence-electron chi connectivity index (χ2n) is 5.33. The third-order valence-electron chi connectivity index (χ3n) is 3.60. The molecule has 1 saturated carbocycles. The Morgan fingerprint density at radius 2 is 1.85 bits per heavy atom. The molecule has 5 heteroatoms. The molecule has 4 nitrogen and oxygen atoms in total. The number of hydrogen-bond donors (Lipinski definition) is 2. The zero-order valence-corrected chi connectivity index (χ0v) is 13.8. The second kappa shape index (κ2) is 12.4. The van der Waals surface area contributed by atoms with E-state index >= 15 is 0 Å². The Hall–Kier alpha value is -0.320. The van der Waals surface area contributed by atoms with Crippen LogP contribution in [0.25, 0.3) is 0 Å². The fourth-order valence-corrected chi connectivity index (χ4v) is 2.47. The standard InChI is InChI=1S/C15H30N2O2.ClH/c1-3-10-16-11-12-17-15(18)14(4-2)19-13-8-6-5-7-9-13;/h13-14,16H,3-12H2,1-2H3,(H,17,18);1H. The molecule has 0 aliphatic heterocycles. The minimum Gasteiger partial charge on any atom is -0.365 e. The zero-order valence-electron chi connectivity index (χ0n) is 13.0. The first kappa shape index (κ1) is 19.7. The maximum atomic E-state index is 12.0. The van der Waals surface area contributed by atoms with Crippen molar-refractivity contribution in [3.05, 3.63) is 0 Å². The number of rotatable bonds is 9. The van der Waals surface area contributed by atoms with E-state index in [2.05, 4.69) is 17.6 Å². The first-order chi connectivity index (χ1) is 9.27. The van der Waals surface area contributed by atoms with E-state index in [0.29, 0.717) is 12.6 Å². The molecule has 1 fully saturated rings. The van der Waals surface area contributed by atoms with Gasteiger partial charge in [-0.15, -0.1) is 12.4 Å². The van der Waals surface area contributed by atoms with Crippen LogP contribution in [0.15, 0.2) is 0 Å². The van der Waals surface area contributed by atoms with Crippen LogP contribution in [0.4, 0.5) is 0 Å². The minimum absolute atomic E-state index is 0. The van der Waals surface area contributed by atoms with Crippen molar-refractivity contribution in [3.8, 4) is 0 Å². The molecule has 0 bridgehead atoms. The van der Waals surface area contributed by atoms with Gasteiger partial charge in [-0.05, 0) is 32.2 Å². The Morgan fingerprint density at radius 3 is 2.45 bits per heavy atom. The highest BCUT2D eigenvalue weighted by Gasteiger charge is 2.22. The summed E-state index contributed by atoms with van der Waals surface area (Å²) in [4.78, 5) is 12.0. The van der Waals surface area contributed by atoms with E-state index in [4.69, 9.17) is 4.74 Å². The second-order valence-corrected chi connectivity index (χ2v) is 5.33. The largest absolute Gasteiger partial charge is 0.365 e. The smallest absolute Gasteiger partial charge is 0.249 e. The number of nitrogens with one attached hydrogen (secondary N) is 2. The molecular weight excluding hydrogens is 276 g/mol. The molecule has 1 rings (SSSR count). The molecule has 120 valence electrons. The molecule has 20 heavy (non-hydrogen) atoms. The number of hydrogen-bond acceptors (Lipinski definition) is 3. The molecule has 0 spiro atoms. The third kappa shape index (κ3) is 8.08. The van der Waals surface area contributed by atoms with Gasteiger partial charge in [0.15, 0.2) is 0 Å². The van der Waals surface area contributed by atoms with Crippen LogP contribution in [0.5, 0.6) is 0 Å². The van der Waals surface area contributed by atoms with Gasteiger partial charge in [0.25, 0.3) is 0 Å². The predicted octanol–water partition coefficient (Wildman–Crippen LogP) is 2.65. The fourth-order valence-electron chi connectivity index (χ4n) is 2.47. The van der Waals surface area contributed by atoms with Gasteiger partial charge >= 0.3 is 0 Å². The highest BCUT2D eigenvalue weighted by Crippen LogP contribution is 2.22. The van der Waals surface area contributed by atoms with Gasteiger partial charge in [-0.25, -0.2) is 0 Å². The quantitative estimate of drug-likeness (QED) is 0.644. The van der Waals surface area contributed by atoms with Crippen LogP contribution in [-0.4, -0.2) is 37.7 Å². The van der Waals surface area contributed by atoms with Crippen molar-refractivity contribution in [1.82, 2.24) is 10.6 Å². The van der Waals surface area contributed by atoms with E-state index in [1.165, 1.54) is 19.3 Å². The van der Waals surface area contributed by atoms with Crippen LogP contribution < -0.4 is 10.6 Å². The zero-order chi connectivity index (χ0) is 13.9. The number of halogens is 1. The summed E-state index contributed by atoms with van der Waals surface area (Å²) in [6, 6.07) is 0. The molecule has 2 N–H and O–H groups in total. The summed E-state index contributed by atoms with van der Waals surface area (Å²) in [7, 11) is 0. The molecule has 0 radical (unpaired) electrons. The van der Waals surface area contributed by atoms with Gasteiger partial charge in [0.2, 0.25) is 5.91 Å². The Bertz CT molecular complexity index is 246. The maximum absolute atomic E-state index is 12.0. The highest BCUT2D eigenvalue weighted by molar-refractivity contribution is 5.85. The maximum Gasteiger partial charge on any atom is 0.249 e. The molecular formula is C15H31ClN2O2. The summed E-state index contributed by atoms with van der Waals surface area (Å²) in [5, 5.41) is 6.23. The van der Waals surface area contributed by atoms with Crippen molar-refractivity contribution in [2.45, 2.75) is 71.0 Å². The molecule has 0 aromatic rings. The summed E-state index contributed by atoms with van der Waals surface area (Å²) < 4.78 is 5.95. The molecule has 1 amide bonds. The summed E-state index contributed by atoms with van der Waals surface area (Å²) >= 11 is 0. The van der Waals surface area contributed by atoms with Gasteiger partial charge in [0, 0.05) is 13.1 Å². The van der Waals surface area contributed by atoms with Crippen LogP contribution in [-0.2, 0) is 9.53 Å². The summed E-state index contributed by atoms with van der Waals surface area (Å²) in [5.74, 6) is 0.0476. The van der Waals surface area contributed by atoms with Crippen LogP contribution in [0.1, 0.15) is 58.8 Å². The highest BCUT2D eigenvalue weighted by atomic mass is 35.5. The van der Waals surface area contributed by atoms with Crippen LogP contribution in [0, 0.1) is 0 Å². The Kier molecular flexibility index (Phi) is 12.2. The van der Waals surface area contributed by atoms with Crippen molar-refractivity contribution in [3.63, 3.8) is 0 Å². The number of carbonyl (C=O) groups is 1. The van der Waals surface area contributed by atoms with Crippen molar-refractivity contribution in [1.29, 1.82) is 0 Å². The summed E-state index contributed by atoms with van der Waals surface area (Å²) in [6.45, 7) is 6.67. The molecule has 1 aliphatic rings. The van der Waals surface area contributed by atoms with E-state index in [1.54, 1.807) is 0 Å². The van der Waals surface area contributed by atoms with E-state index in [0.717, 1.165) is 38.8 Å². The molecule has 1 atom stereocenters. The monoisotopic (exact) mass is 306 g/mol. The van der Waals surface area contributed by atoms with Gasteiger partial charge in [0.05, 0.1) is 6.10 Å². The lowest BCUT2D eigenvalue weighted by atomic mass is 9.97. The van der Waals surface area contributed by atoms with Gasteiger partial charge in [-0.3, -0.25) is 4.79 Å². The lowest BCUT2D eigenvalue weighted by Gasteiger charge is -2.26. The van der Waals surface area contributed by atoms with E-state index < -0.39 is 0 Å². The average Bonchev–Trinajstić information content (AvgIpc) is 2.45. The van der Waals surface area contributed by atoms with Gasteiger partial charge in [-0.2, -0.15) is 0 Å². The van der Waals surface area contributed by atoms with Crippen molar-refractivity contribution < 1.29 is 9.53 Å². The lowest BCUT2D eigenvalue weighted by Crippen LogP contribution is -2.41. The molecule has 0 saturated heterocycles. The molecule has 0 heterocycles. The van der Waals surface area contributed by atoms with Gasteiger partial charge in [0.1, 0.15) is 6.10 Å². The summed E-state index contributed by atoms with van der Waals surface area (Å²) in [5.41, 5.74) is 0. The Labute approximate surface area is 129 Å². The third-order valence-corrected chi connectivity index (χ3v) is 3.60. The SMILES string of the molecule is CCCNCCNC(=O)C(CC)OC1CCCCC1.Cl. The number of amides is 1. The molecule has 0 aromatic carbocycles. The average molecular weight is 307 g/mol. The Balaban J connectivity index is 0.00000361. The molecule has 1 aliphatic carbocycles. The molecule has 0 aromatic heterocycles. The Morgan fingerprint density at radius 1 is 1.15 bits per heavy atom. The minimum atomic E-state index is -0.269. The molecule has 1 unspecified atom stereocenters. The van der Waals surface area contributed by atoms with E-state index in [-0.39, 0.29) is 24.4 Å². The van der Waals surface area contributed by atoms with Gasteiger partial charge < -0.3 is 15.4 Å². The van der Waals surface area contributed by atoms with Crippen LogP contribution >= 0.6 is 12.4 Å². The van der Waals surface area contributed by atoms with Gasteiger partial charge in [-0.1, -0.05) is 33.1 Å².